The van der Waals surface area contributed by atoms with Crippen molar-refractivity contribution in [2.75, 3.05) is 11.4 Å². The van der Waals surface area contributed by atoms with Crippen LogP contribution in [0.25, 0.3) is 0 Å². The summed E-state index contributed by atoms with van der Waals surface area (Å²) < 4.78 is 0. The van der Waals surface area contributed by atoms with Crippen LogP contribution < -0.4 is 10.6 Å². The second-order valence-corrected chi connectivity index (χ2v) is 4.60. The lowest BCUT2D eigenvalue weighted by atomic mass is 10.0. The van der Waals surface area contributed by atoms with E-state index in [-0.39, 0.29) is 6.04 Å². The van der Waals surface area contributed by atoms with E-state index in [1.807, 2.05) is 0 Å². The Bertz CT molecular complexity index is 409. The van der Waals surface area contributed by atoms with Gasteiger partial charge in [0.25, 0.3) is 0 Å². The van der Waals surface area contributed by atoms with Crippen molar-refractivity contribution in [1.29, 1.82) is 0 Å². The van der Waals surface area contributed by atoms with Crippen molar-refractivity contribution in [1.82, 2.24) is 0 Å². The van der Waals surface area contributed by atoms with E-state index in [0.29, 0.717) is 0 Å². The van der Waals surface area contributed by atoms with Gasteiger partial charge in [0.15, 0.2) is 0 Å². The molecule has 0 radical (unpaired) electrons. The molecule has 0 bridgehead atoms. The lowest BCUT2D eigenvalue weighted by molar-refractivity contribution is 0.745. The minimum Gasteiger partial charge on any atom is -0.345 e. The summed E-state index contributed by atoms with van der Waals surface area (Å²) in [5.41, 5.74) is 10.2. The zero-order chi connectivity index (χ0) is 12.3. The first-order valence-corrected chi connectivity index (χ1v) is 6.59. The lowest BCUT2D eigenvalue weighted by Gasteiger charge is -2.27. The van der Waals surface area contributed by atoms with Crippen LogP contribution in [0.1, 0.15) is 44.7 Å². The fourth-order valence-corrected chi connectivity index (χ4v) is 2.52. The van der Waals surface area contributed by atoms with Crippen LogP contribution in [0, 0.1) is 0 Å². The first-order chi connectivity index (χ1) is 8.27. The highest BCUT2D eigenvalue weighted by molar-refractivity contribution is 5.60. The molecule has 1 aromatic carbocycles. The molecule has 1 aliphatic rings. The normalized spacial score (nSPS) is 19.6. The maximum Gasteiger partial charge on any atom is 0.0456 e. The second kappa shape index (κ2) is 5.37. The molecule has 0 saturated carbocycles. The van der Waals surface area contributed by atoms with Crippen molar-refractivity contribution in [2.24, 2.45) is 5.73 Å². The fourth-order valence-electron chi connectivity index (χ4n) is 2.52. The Morgan fingerprint density at radius 2 is 2.06 bits per heavy atom. The van der Waals surface area contributed by atoms with Gasteiger partial charge < -0.3 is 10.6 Å². The van der Waals surface area contributed by atoms with E-state index in [1.165, 1.54) is 16.9 Å². The third kappa shape index (κ3) is 2.37. The maximum atomic E-state index is 6.25. The molecule has 0 aromatic heterocycles. The number of benzene rings is 1. The Labute approximate surface area is 104 Å². The van der Waals surface area contributed by atoms with Crippen LogP contribution in [0.2, 0.25) is 0 Å². The third-order valence-electron chi connectivity index (χ3n) is 3.39. The maximum absolute atomic E-state index is 6.25. The van der Waals surface area contributed by atoms with Crippen molar-refractivity contribution in [3.63, 3.8) is 0 Å². The van der Waals surface area contributed by atoms with E-state index in [0.717, 1.165) is 25.8 Å². The van der Waals surface area contributed by atoms with Gasteiger partial charge in [-0.2, -0.15) is 0 Å². The van der Waals surface area contributed by atoms with E-state index >= 15 is 0 Å². The molecule has 92 valence electrons. The van der Waals surface area contributed by atoms with Crippen LogP contribution in [0.5, 0.6) is 0 Å². The number of allylic oxidation sites excluding steroid dienone is 1. The summed E-state index contributed by atoms with van der Waals surface area (Å²) >= 11 is 0. The molecule has 0 saturated heterocycles. The van der Waals surface area contributed by atoms with Crippen LogP contribution >= 0.6 is 0 Å². The fraction of sp³-hybridized carbons (Fsp3) is 0.467. The highest BCUT2D eigenvalue weighted by Gasteiger charge is 2.20. The quantitative estimate of drug-likeness (QED) is 0.859. The van der Waals surface area contributed by atoms with Gasteiger partial charge in [0.1, 0.15) is 0 Å². The first-order valence-electron chi connectivity index (χ1n) is 6.59. The molecular formula is C15H22N2. The third-order valence-corrected chi connectivity index (χ3v) is 3.39. The molecule has 1 heterocycles. The molecule has 1 aromatic rings. The number of hydrogen-bond acceptors (Lipinski definition) is 2. The molecule has 1 atom stereocenters. The number of para-hydroxylation sites is 1. The summed E-state index contributed by atoms with van der Waals surface area (Å²) in [6.07, 6.45) is 5.47. The van der Waals surface area contributed by atoms with Gasteiger partial charge in [-0.25, -0.2) is 0 Å². The molecular weight excluding hydrogens is 208 g/mol. The minimum atomic E-state index is 0.134. The number of hydrogen-bond donors (Lipinski definition) is 1. The van der Waals surface area contributed by atoms with Crippen molar-refractivity contribution >= 4 is 5.69 Å². The summed E-state index contributed by atoms with van der Waals surface area (Å²) in [7, 11) is 0. The standard InChI is InChI=1S/C15H22N2/c1-3-11-17-12(4-2)9-10-14(16)13-7-5-6-8-15(13)17/h5-9,14H,3-4,10-11,16H2,1-2H3. The molecule has 1 aliphatic heterocycles. The van der Waals surface area contributed by atoms with Crippen LogP contribution in [0.15, 0.2) is 36.0 Å². The lowest BCUT2D eigenvalue weighted by Crippen LogP contribution is -2.23. The molecule has 17 heavy (non-hydrogen) atoms. The largest absolute Gasteiger partial charge is 0.345 e. The number of fused-ring (bicyclic) bond motifs is 1. The highest BCUT2D eigenvalue weighted by atomic mass is 15.1. The average Bonchev–Trinajstić information content (AvgIpc) is 2.49. The molecule has 2 N–H and O–H groups in total. The Kier molecular flexibility index (Phi) is 3.85. The molecule has 2 heteroatoms. The van der Waals surface area contributed by atoms with Crippen LogP contribution in [0.3, 0.4) is 0 Å². The summed E-state index contributed by atoms with van der Waals surface area (Å²) in [5, 5.41) is 0. The van der Waals surface area contributed by atoms with Crippen LogP contribution in [0.4, 0.5) is 5.69 Å². The topological polar surface area (TPSA) is 29.3 Å². The van der Waals surface area contributed by atoms with Crippen molar-refractivity contribution in [3.05, 3.63) is 41.6 Å². The first kappa shape index (κ1) is 12.2. The highest BCUT2D eigenvalue weighted by Crippen LogP contribution is 2.34. The zero-order valence-electron chi connectivity index (χ0n) is 10.8. The number of nitrogens with zero attached hydrogens (tertiary/aromatic N) is 1. The predicted molar refractivity (Wildman–Crippen MR) is 74.0 cm³/mol. The smallest absolute Gasteiger partial charge is 0.0456 e. The zero-order valence-corrected chi connectivity index (χ0v) is 10.8. The summed E-state index contributed by atoms with van der Waals surface area (Å²) in [6.45, 7) is 5.51. The minimum absolute atomic E-state index is 0.134. The Morgan fingerprint density at radius 1 is 1.29 bits per heavy atom. The van der Waals surface area contributed by atoms with Gasteiger partial charge in [0.2, 0.25) is 0 Å². The number of nitrogens with two attached hydrogens (primary N) is 1. The van der Waals surface area contributed by atoms with E-state index in [2.05, 4.69) is 49.1 Å². The molecule has 1 unspecified atom stereocenters. The van der Waals surface area contributed by atoms with Crippen LogP contribution in [-0.2, 0) is 0 Å². The molecule has 2 nitrogen and oxygen atoms in total. The molecule has 0 fully saturated rings. The van der Waals surface area contributed by atoms with Gasteiger partial charge in [0, 0.05) is 24.0 Å². The Hall–Kier alpha value is -1.28. The van der Waals surface area contributed by atoms with E-state index in [1.54, 1.807) is 0 Å². The van der Waals surface area contributed by atoms with Gasteiger partial charge in [-0.15, -0.1) is 0 Å². The predicted octanol–water partition coefficient (Wildman–Crippen LogP) is 3.60. The summed E-state index contributed by atoms with van der Waals surface area (Å²) in [5.74, 6) is 0. The Balaban J connectivity index is 2.46. The van der Waals surface area contributed by atoms with Gasteiger partial charge in [-0.05, 0) is 30.9 Å². The van der Waals surface area contributed by atoms with E-state index in [4.69, 9.17) is 5.73 Å². The molecule has 0 aliphatic carbocycles. The monoisotopic (exact) mass is 230 g/mol. The van der Waals surface area contributed by atoms with Crippen molar-refractivity contribution < 1.29 is 0 Å². The second-order valence-electron chi connectivity index (χ2n) is 4.60. The van der Waals surface area contributed by atoms with E-state index < -0.39 is 0 Å². The van der Waals surface area contributed by atoms with Crippen LogP contribution in [-0.4, -0.2) is 6.54 Å². The Morgan fingerprint density at radius 3 is 2.76 bits per heavy atom. The van der Waals surface area contributed by atoms with Crippen molar-refractivity contribution in [2.45, 2.75) is 39.2 Å². The number of rotatable bonds is 3. The van der Waals surface area contributed by atoms with Gasteiger partial charge in [-0.1, -0.05) is 38.1 Å². The molecule has 0 amide bonds. The molecule has 0 spiro atoms. The summed E-state index contributed by atoms with van der Waals surface area (Å²) in [4.78, 5) is 2.43. The van der Waals surface area contributed by atoms with E-state index in [9.17, 15) is 0 Å². The van der Waals surface area contributed by atoms with Gasteiger partial charge >= 0.3 is 0 Å². The van der Waals surface area contributed by atoms with Gasteiger partial charge in [-0.3, -0.25) is 0 Å². The average molecular weight is 230 g/mol. The SMILES string of the molecule is CCCN1C(CC)=CCC(N)c2ccccc21. The molecule has 2 rings (SSSR count). The summed E-state index contributed by atoms with van der Waals surface area (Å²) in [6, 6.07) is 8.68. The number of anilines is 1. The van der Waals surface area contributed by atoms with Gasteiger partial charge in [0.05, 0.1) is 0 Å². The van der Waals surface area contributed by atoms with Crippen molar-refractivity contribution in [3.8, 4) is 0 Å².